The van der Waals surface area contributed by atoms with Gasteiger partial charge in [-0.05, 0) is 27.9 Å². The van der Waals surface area contributed by atoms with E-state index in [9.17, 15) is 4.39 Å². The molecule has 3 nitrogen and oxygen atoms in total. The van der Waals surface area contributed by atoms with Gasteiger partial charge in [0, 0.05) is 18.2 Å². The second kappa shape index (κ2) is 4.72. The van der Waals surface area contributed by atoms with Gasteiger partial charge in [-0.25, -0.2) is 4.39 Å². The molecule has 1 aromatic carbocycles. The molecule has 0 bridgehead atoms. The lowest BCUT2D eigenvalue weighted by Crippen LogP contribution is -2.00. The maximum Gasteiger partial charge on any atom is 0.138 e. The van der Waals surface area contributed by atoms with Gasteiger partial charge >= 0.3 is 0 Å². The van der Waals surface area contributed by atoms with Crippen molar-refractivity contribution in [3.63, 3.8) is 0 Å². The van der Waals surface area contributed by atoms with Crippen molar-refractivity contribution >= 4 is 21.7 Å². The van der Waals surface area contributed by atoms with E-state index in [0.29, 0.717) is 10.3 Å². The van der Waals surface area contributed by atoms with Gasteiger partial charge in [-0.2, -0.15) is 5.10 Å². The summed E-state index contributed by atoms with van der Waals surface area (Å²) in [5.41, 5.74) is 8.43. The summed E-state index contributed by atoms with van der Waals surface area (Å²) >= 11 is 3.27. The first-order valence-electron chi connectivity index (χ1n) is 5.70. The van der Waals surface area contributed by atoms with E-state index in [1.165, 1.54) is 6.07 Å². The third-order valence-corrected chi connectivity index (χ3v) is 3.72. The van der Waals surface area contributed by atoms with Crippen LogP contribution in [0.2, 0.25) is 0 Å². The molecule has 0 aliphatic heterocycles. The van der Waals surface area contributed by atoms with Crippen LogP contribution in [0.25, 0.3) is 11.3 Å². The molecule has 2 N–H and O–H groups in total. The summed E-state index contributed by atoms with van der Waals surface area (Å²) in [5.74, 6) is 0.548. The predicted octanol–water partition coefficient (Wildman–Crippen LogP) is 3.69. The quantitative estimate of drug-likeness (QED) is 0.919. The van der Waals surface area contributed by atoms with Gasteiger partial charge in [0.25, 0.3) is 0 Å². The van der Waals surface area contributed by atoms with Crippen molar-refractivity contribution in [3.8, 4) is 11.3 Å². The molecular formula is C13H15BrFN3. The van der Waals surface area contributed by atoms with Crippen LogP contribution in [0, 0.1) is 5.82 Å². The van der Waals surface area contributed by atoms with Gasteiger partial charge in [0.2, 0.25) is 0 Å². The maximum absolute atomic E-state index is 13.6. The number of hydrogen-bond acceptors (Lipinski definition) is 2. The number of benzene rings is 1. The molecule has 0 atom stereocenters. The number of rotatable bonds is 2. The molecule has 0 saturated carbocycles. The summed E-state index contributed by atoms with van der Waals surface area (Å²) in [6, 6.07) is 4.92. The Hall–Kier alpha value is -1.36. The average Bonchev–Trinajstić information content (AvgIpc) is 2.59. The predicted molar refractivity (Wildman–Crippen MR) is 74.8 cm³/mol. The average molecular weight is 312 g/mol. The number of nitrogens with zero attached hydrogens (tertiary/aromatic N) is 2. The first-order valence-corrected chi connectivity index (χ1v) is 6.49. The van der Waals surface area contributed by atoms with Crippen LogP contribution in [-0.2, 0) is 7.05 Å². The zero-order valence-electron chi connectivity index (χ0n) is 10.5. The minimum atomic E-state index is -0.300. The molecule has 0 spiro atoms. The van der Waals surface area contributed by atoms with Crippen LogP contribution in [0.3, 0.4) is 0 Å². The third-order valence-electron chi connectivity index (χ3n) is 2.91. The van der Waals surface area contributed by atoms with Crippen LogP contribution in [-0.4, -0.2) is 9.78 Å². The summed E-state index contributed by atoms with van der Waals surface area (Å²) in [7, 11) is 1.79. The number of nitrogens with two attached hydrogens (primary N) is 1. The normalized spacial score (nSPS) is 11.2. The fraction of sp³-hybridized carbons (Fsp3) is 0.308. The first kappa shape index (κ1) is 13.1. The van der Waals surface area contributed by atoms with E-state index in [2.05, 4.69) is 21.0 Å². The van der Waals surface area contributed by atoms with Crippen LogP contribution in [0.15, 0.2) is 22.7 Å². The van der Waals surface area contributed by atoms with Crippen molar-refractivity contribution in [1.82, 2.24) is 9.78 Å². The van der Waals surface area contributed by atoms with Crippen LogP contribution >= 0.6 is 15.9 Å². The molecule has 1 aromatic heterocycles. The highest BCUT2D eigenvalue weighted by atomic mass is 79.9. The Kier molecular flexibility index (Phi) is 3.43. The van der Waals surface area contributed by atoms with Crippen molar-refractivity contribution in [3.05, 3.63) is 34.1 Å². The highest BCUT2D eigenvalue weighted by molar-refractivity contribution is 9.10. The number of halogens is 2. The van der Waals surface area contributed by atoms with E-state index >= 15 is 0 Å². The van der Waals surface area contributed by atoms with Crippen molar-refractivity contribution in [1.29, 1.82) is 0 Å². The molecule has 0 amide bonds. The number of aryl methyl sites for hydroxylation is 1. The van der Waals surface area contributed by atoms with E-state index < -0.39 is 0 Å². The minimum absolute atomic E-state index is 0.226. The fourth-order valence-corrected chi connectivity index (χ4v) is 2.46. The number of nitrogen functional groups attached to an aromatic ring is 1. The molecule has 2 rings (SSSR count). The fourth-order valence-electron chi connectivity index (χ4n) is 2.01. The zero-order valence-corrected chi connectivity index (χ0v) is 12.1. The van der Waals surface area contributed by atoms with E-state index in [1.54, 1.807) is 17.8 Å². The van der Waals surface area contributed by atoms with Crippen LogP contribution in [0.1, 0.15) is 25.3 Å². The van der Waals surface area contributed by atoms with E-state index in [1.807, 2.05) is 19.9 Å². The molecule has 0 saturated heterocycles. The molecule has 0 aliphatic rings. The molecule has 18 heavy (non-hydrogen) atoms. The van der Waals surface area contributed by atoms with Gasteiger partial charge in [-0.15, -0.1) is 0 Å². The van der Waals surface area contributed by atoms with Crippen LogP contribution in [0.4, 0.5) is 10.2 Å². The summed E-state index contributed by atoms with van der Waals surface area (Å²) in [5, 5.41) is 4.40. The van der Waals surface area contributed by atoms with E-state index in [4.69, 9.17) is 5.73 Å². The molecule has 0 radical (unpaired) electrons. The summed E-state index contributed by atoms with van der Waals surface area (Å²) in [4.78, 5) is 0. The highest BCUT2D eigenvalue weighted by Crippen LogP contribution is 2.37. The Labute approximate surface area is 114 Å². The summed E-state index contributed by atoms with van der Waals surface area (Å²) < 4.78 is 15.6. The largest absolute Gasteiger partial charge is 0.384 e. The minimum Gasteiger partial charge on any atom is -0.384 e. The molecular weight excluding hydrogens is 297 g/mol. The smallest absolute Gasteiger partial charge is 0.138 e. The lowest BCUT2D eigenvalue weighted by atomic mass is 9.98. The summed E-state index contributed by atoms with van der Waals surface area (Å²) in [6.45, 7) is 4.09. The monoisotopic (exact) mass is 311 g/mol. The number of anilines is 1. The maximum atomic E-state index is 13.6. The Bertz CT molecular complexity index is 590. The third kappa shape index (κ3) is 2.03. The Balaban J connectivity index is 2.71. The lowest BCUT2D eigenvalue weighted by Gasteiger charge is -2.08. The topological polar surface area (TPSA) is 43.8 Å². The van der Waals surface area contributed by atoms with Gasteiger partial charge in [-0.1, -0.05) is 26.0 Å². The van der Waals surface area contributed by atoms with Gasteiger partial charge in [0.15, 0.2) is 0 Å². The molecule has 1 heterocycles. The second-order valence-electron chi connectivity index (χ2n) is 4.53. The summed E-state index contributed by atoms with van der Waals surface area (Å²) in [6.07, 6.45) is 0. The standard InChI is InChI=1S/C13H15BrFN3/c1-7(2)10-12(17-18(3)13(10)16)8-5-4-6-9(15)11(8)14/h4-7H,16H2,1-3H3. The number of hydrogen-bond donors (Lipinski definition) is 1. The zero-order chi connectivity index (χ0) is 13.4. The first-order chi connectivity index (χ1) is 8.43. The Morgan fingerprint density at radius 3 is 2.67 bits per heavy atom. The lowest BCUT2D eigenvalue weighted by molar-refractivity contribution is 0.621. The van der Waals surface area contributed by atoms with Crippen molar-refractivity contribution in [2.24, 2.45) is 7.05 Å². The second-order valence-corrected chi connectivity index (χ2v) is 5.32. The van der Waals surface area contributed by atoms with Crippen LogP contribution in [0.5, 0.6) is 0 Å². The van der Waals surface area contributed by atoms with Gasteiger partial charge in [0.1, 0.15) is 11.6 Å². The molecule has 5 heteroatoms. The Morgan fingerprint density at radius 2 is 2.06 bits per heavy atom. The van der Waals surface area contributed by atoms with Gasteiger partial charge in [-0.3, -0.25) is 4.68 Å². The molecule has 0 unspecified atom stereocenters. The molecule has 0 fully saturated rings. The van der Waals surface area contributed by atoms with E-state index in [-0.39, 0.29) is 11.7 Å². The van der Waals surface area contributed by atoms with E-state index in [0.717, 1.165) is 16.8 Å². The van der Waals surface area contributed by atoms with Gasteiger partial charge in [0.05, 0.1) is 10.2 Å². The van der Waals surface area contributed by atoms with Crippen molar-refractivity contribution < 1.29 is 4.39 Å². The molecule has 0 aliphatic carbocycles. The van der Waals surface area contributed by atoms with Crippen molar-refractivity contribution in [2.45, 2.75) is 19.8 Å². The van der Waals surface area contributed by atoms with Crippen LogP contribution < -0.4 is 5.73 Å². The SMILES string of the molecule is CC(C)c1c(-c2cccc(F)c2Br)nn(C)c1N. The van der Waals surface area contributed by atoms with Gasteiger partial charge < -0.3 is 5.73 Å². The van der Waals surface area contributed by atoms with Crippen molar-refractivity contribution in [2.75, 3.05) is 5.73 Å². The molecule has 2 aromatic rings. The highest BCUT2D eigenvalue weighted by Gasteiger charge is 2.20. The number of aromatic nitrogens is 2. The molecule has 96 valence electrons. The Morgan fingerprint density at radius 1 is 1.39 bits per heavy atom.